The first-order valence-corrected chi connectivity index (χ1v) is 6.40. The van der Waals surface area contributed by atoms with Crippen LogP contribution in [0.1, 0.15) is 5.56 Å². The van der Waals surface area contributed by atoms with Crippen LogP contribution in [0.15, 0.2) is 54.9 Å². The molecule has 0 aliphatic rings. The van der Waals surface area contributed by atoms with E-state index in [4.69, 9.17) is 0 Å². The Balaban J connectivity index is 1.70. The first-order valence-electron chi connectivity index (χ1n) is 6.40. The minimum absolute atomic E-state index is 0.0706. The molecule has 0 saturated carbocycles. The van der Waals surface area contributed by atoms with Gasteiger partial charge in [0, 0.05) is 17.8 Å². The molecule has 3 aromatic rings. The lowest BCUT2D eigenvalue weighted by atomic mass is 10.2. The normalized spacial score (nSPS) is 10.5. The summed E-state index contributed by atoms with van der Waals surface area (Å²) in [5.41, 5.74) is 2.21. The number of hydrogen-bond acceptors (Lipinski definition) is 4. The third kappa shape index (κ3) is 3.00. The zero-order chi connectivity index (χ0) is 14.7. The van der Waals surface area contributed by atoms with E-state index in [1.807, 2.05) is 24.3 Å². The third-order valence-electron chi connectivity index (χ3n) is 3.04. The Morgan fingerprint density at radius 1 is 1.05 bits per heavy atom. The van der Waals surface area contributed by atoms with Crippen LogP contribution in [-0.2, 0) is 6.54 Å². The summed E-state index contributed by atoms with van der Waals surface area (Å²) in [5.74, 6) is -0.300. The molecule has 5 nitrogen and oxygen atoms in total. The number of phenolic OH excluding ortho intramolecular Hbond substituents is 1. The highest BCUT2D eigenvalue weighted by atomic mass is 19.1. The summed E-state index contributed by atoms with van der Waals surface area (Å²) in [5, 5.41) is 20.9. The van der Waals surface area contributed by atoms with Crippen LogP contribution in [0.2, 0.25) is 0 Å². The number of hydrogen-bond donors (Lipinski definition) is 2. The van der Waals surface area contributed by atoms with Crippen molar-refractivity contribution in [3.05, 3.63) is 66.2 Å². The summed E-state index contributed by atoms with van der Waals surface area (Å²) in [6.45, 7) is 0.336. The second-order valence-electron chi connectivity index (χ2n) is 4.49. The minimum Gasteiger partial charge on any atom is -0.508 e. The summed E-state index contributed by atoms with van der Waals surface area (Å²) in [6.07, 6.45) is 3.22. The molecule has 1 heterocycles. The van der Waals surface area contributed by atoms with Gasteiger partial charge in [0.1, 0.15) is 11.6 Å². The van der Waals surface area contributed by atoms with E-state index in [0.29, 0.717) is 12.1 Å². The third-order valence-corrected chi connectivity index (χ3v) is 3.04. The number of nitrogens with zero attached hydrogens (tertiary/aromatic N) is 3. The van der Waals surface area contributed by atoms with Crippen molar-refractivity contribution in [1.82, 2.24) is 15.0 Å². The van der Waals surface area contributed by atoms with Gasteiger partial charge in [0.25, 0.3) is 0 Å². The maximum absolute atomic E-state index is 13.1. The highest BCUT2D eigenvalue weighted by Gasteiger charge is 2.03. The molecule has 0 radical (unpaired) electrons. The van der Waals surface area contributed by atoms with E-state index in [9.17, 15) is 9.50 Å². The Hall–Kier alpha value is -2.89. The number of rotatable bonds is 4. The lowest BCUT2D eigenvalue weighted by molar-refractivity contribution is 0.466. The largest absolute Gasteiger partial charge is 0.508 e. The van der Waals surface area contributed by atoms with Gasteiger partial charge in [-0.15, -0.1) is 0 Å². The average Bonchev–Trinajstić information content (AvgIpc) is 3.03. The number of halogens is 1. The van der Waals surface area contributed by atoms with E-state index in [2.05, 4.69) is 15.5 Å². The van der Waals surface area contributed by atoms with Crippen LogP contribution in [0, 0.1) is 5.82 Å². The fraction of sp³-hybridized carbons (Fsp3) is 0.0667. The molecule has 0 bridgehead atoms. The van der Waals surface area contributed by atoms with E-state index in [-0.39, 0.29) is 11.6 Å². The molecule has 0 aliphatic carbocycles. The van der Waals surface area contributed by atoms with Gasteiger partial charge in [0.15, 0.2) is 0 Å². The molecule has 6 heteroatoms. The molecule has 0 unspecified atom stereocenters. The molecule has 21 heavy (non-hydrogen) atoms. The first kappa shape index (κ1) is 13.1. The highest BCUT2D eigenvalue weighted by molar-refractivity contribution is 5.49. The van der Waals surface area contributed by atoms with Crippen molar-refractivity contribution in [2.24, 2.45) is 0 Å². The van der Waals surface area contributed by atoms with Crippen molar-refractivity contribution in [1.29, 1.82) is 0 Å². The Morgan fingerprint density at radius 2 is 1.76 bits per heavy atom. The van der Waals surface area contributed by atoms with Gasteiger partial charge in [-0.2, -0.15) is 15.0 Å². The molecule has 0 atom stereocenters. The van der Waals surface area contributed by atoms with Crippen molar-refractivity contribution in [3.63, 3.8) is 0 Å². The van der Waals surface area contributed by atoms with Crippen LogP contribution in [0.4, 0.5) is 10.1 Å². The predicted octanol–water partition coefficient (Wildman–Crippen LogP) is 2.72. The van der Waals surface area contributed by atoms with Gasteiger partial charge < -0.3 is 10.4 Å². The van der Waals surface area contributed by atoms with Crippen molar-refractivity contribution >= 4 is 5.69 Å². The monoisotopic (exact) mass is 284 g/mol. The smallest absolute Gasteiger partial charge is 0.123 e. The molecule has 1 aromatic heterocycles. The molecule has 0 spiro atoms. The topological polar surface area (TPSA) is 63.0 Å². The molecule has 2 aromatic carbocycles. The van der Waals surface area contributed by atoms with Crippen LogP contribution >= 0.6 is 0 Å². The number of anilines is 1. The van der Waals surface area contributed by atoms with Gasteiger partial charge in [-0.3, -0.25) is 0 Å². The standard InChI is InChI=1S/C15H13FN4O/c16-12-1-6-15(21)11(9-12)10-17-13-2-4-14(5-3-13)20-18-7-8-19-20/h1-9,17,21H,10H2. The Labute approximate surface area is 120 Å². The molecule has 0 amide bonds. The first-order chi connectivity index (χ1) is 10.2. The summed E-state index contributed by atoms with van der Waals surface area (Å²) in [4.78, 5) is 1.52. The van der Waals surface area contributed by atoms with Crippen molar-refractivity contribution < 1.29 is 9.50 Å². The highest BCUT2D eigenvalue weighted by Crippen LogP contribution is 2.20. The molecule has 106 valence electrons. The van der Waals surface area contributed by atoms with E-state index in [1.165, 1.54) is 23.0 Å². The summed E-state index contributed by atoms with van der Waals surface area (Å²) < 4.78 is 13.1. The summed E-state index contributed by atoms with van der Waals surface area (Å²) in [6, 6.07) is 11.4. The van der Waals surface area contributed by atoms with Crippen LogP contribution in [0.25, 0.3) is 5.69 Å². The van der Waals surface area contributed by atoms with Gasteiger partial charge in [-0.1, -0.05) is 0 Å². The second-order valence-corrected chi connectivity index (χ2v) is 4.49. The Bertz CT molecular complexity index is 726. The van der Waals surface area contributed by atoms with Crippen molar-refractivity contribution in [3.8, 4) is 11.4 Å². The molecule has 0 saturated heterocycles. The molecule has 2 N–H and O–H groups in total. The van der Waals surface area contributed by atoms with E-state index < -0.39 is 0 Å². The molecular formula is C15H13FN4O. The number of phenols is 1. The van der Waals surface area contributed by atoms with Crippen LogP contribution in [-0.4, -0.2) is 20.1 Å². The van der Waals surface area contributed by atoms with Gasteiger partial charge in [0.05, 0.1) is 18.1 Å². The van der Waals surface area contributed by atoms with Crippen LogP contribution in [0.3, 0.4) is 0 Å². The Morgan fingerprint density at radius 3 is 2.48 bits per heavy atom. The Kier molecular flexibility index (Phi) is 3.51. The molecule has 0 fully saturated rings. The quantitative estimate of drug-likeness (QED) is 0.773. The zero-order valence-corrected chi connectivity index (χ0v) is 11.1. The molecule has 0 aliphatic heterocycles. The lowest BCUT2D eigenvalue weighted by Gasteiger charge is -2.09. The summed E-state index contributed by atoms with van der Waals surface area (Å²) >= 11 is 0. The van der Waals surface area contributed by atoms with Gasteiger partial charge in [0.2, 0.25) is 0 Å². The number of nitrogens with one attached hydrogen (secondary N) is 1. The van der Waals surface area contributed by atoms with Crippen LogP contribution < -0.4 is 5.32 Å². The maximum atomic E-state index is 13.1. The van der Waals surface area contributed by atoms with Gasteiger partial charge in [-0.05, 0) is 42.5 Å². The van der Waals surface area contributed by atoms with E-state index >= 15 is 0 Å². The number of aromatic nitrogens is 3. The number of benzene rings is 2. The lowest BCUT2D eigenvalue weighted by Crippen LogP contribution is -2.02. The average molecular weight is 284 g/mol. The van der Waals surface area contributed by atoms with Crippen LogP contribution in [0.5, 0.6) is 5.75 Å². The zero-order valence-electron chi connectivity index (χ0n) is 11.1. The van der Waals surface area contributed by atoms with E-state index in [0.717, 1.165) is 11.4 Å². The molecular weight excluding hydrogens is 271 g/mol. The summed E-state index contributed by atoms with van der Waals surface area (Å²) in [7, 11) is 0. The predicted molar refractivity (Wildman–Crippen MR) is 76.8 cm³/mol. The van der Waals surface area contributed by atoms with Crippen molar-refractivity contribution in [2.75, 3.05) is 5.32 Å². The minimum atomic E-state index is -0.371. The SMILES string of the molecule is Oc1ccc(F)cc1CNc1ccc(-n2nccn2)cc1. The fourth-order valence-electron chi connectivity index (χ4n) is 1.95. The van der Waals surface area contributed by atoms with E-state index in [1.54, 1.807) is 12.4 Å². The molecule has 3 rings (SSSR count). The maximum Gasteiger partial charge on any atom is 0.123 e. The number of aromatic hydroxyl groups is 1. The van der Waals surface area contributed by atoms with Gasteiger partial charge >= 0.3 is 0 Å². The van der Waals surface area contributed by atoms with Gasteiger partial charge in [-0.25, -0.2) is 4.39 Å². The second kappa shape index (κ2) is 5.62. The fourth-order valence-corrected chi connectivity index (χ4v) is 1.95. The van der Waals surface area contributed by atoms with Crippen molar-refractivity contribution in [2.45, 2.75) is 6.54 Å².